The van der Waals surface area contributed by atoms with Gasteiger partial charge >= 0.3 is 0 Å². The van der Waals surface area contributed by atoms with Crippen molar-refractivity contribution in [1.82, 2.24) is 0 Å². The molecule has 2 aliphatic heterocycles. The summed E-state index contributed by atoms with van der Waals surface area (Å²) < 4.78 is 12.1. The van der Waals surface area contributed by atoms with E-state index in [1.807, 2.05) is 6.07 Å². The first-order chi connectivity index (χ1) is 17.5. The summed E-state index contributed by atoms with van der Waals surface area (Å²) in [5.41, 5.74) is 8.43. The van der Waals surface area contributed by atoms with Crippen LogP contribution in [0, 0.1) is 0 Å². The topological polar surface area (TPSA) is 35.5 Å². The molecule has 2 heterocycles. The number of ketones is 1. The van der Waals surface area contributed by atoms with E-state index >= 15 is 0 Å². The van der Waals surface area contributed by atoms with Crippen LogP contribution in [0.3, 0.4) is 0 Å². The van der Waals surface area contributed by atoms with Gasteiger partial charge in [-0.2, -0.15) is 0 Å². The van der Waals surface area contributed by atoms with Crippen molar-refractivity contribution >= 4 is 11.4 Å². The van der Waals surface area contributed by atoms with Crippen LogP contribution in [0.5, 0.6) is 5.75 Å². The van der Waals surface area contributed by atoms with E-state index in [9.17, 15) is 4.79 Å². The number of fused-ring (bicyclic) bond motifs is 1. The van der Waals surface area contributed by atoms with Gasteiger partial charge in [0.2, 0.25) is 0 Å². The molecular weight excluding hydrogens is 444 g/mol. The fourth-order valence-corrected chi connectivity index (χ4v) is 5.91. The Kier molecular flexibility index (Phi) is 7.38. The molecule has 1 saturated heterocycles. The van der Waals surface area contributed by atoms with Crippen molar-refractivity contribution in [2.75, 3.05) is 13.2 Å². The maximum absolute atomic E-state index is 11.8. The second-order valence-electron chi connectivity index (χ2n) is 10.3. The van der Waals surface area contributed by atoms with E-state index in [2.05, 4.69) is 74.2 Å². The highest BCUT2D eigenvalue weighted by atomic mass is 16.5. The third-order valence-corrected chi connectivity index (χ3v) is 7.63. The Morgan fingerprint density at radius 2 is 1.83 bits per heavy atom. The standard InChI is InChI=1S/C33H36O3/c1-4-8-31-30(33-27(22(2)19-23(3)34)11-7-12-32(33)36-31)20-24-13-15-25(16-14-24)28-9-5-6-10-29(28)26-17-18-35-21-26/h5-7,9-16,26,30-31H,2,4,8,17-21H2,1,3H3. The molecule has 0 spiro atoms. The average Bonchev–Trinajstić information content (AvgIpc) is 3.53. The summed E-state index contributed by atoms with van der Waals surface area (Å²) in [7, 11) is 0. The number of carbonyl (C=O) groups is 1. The molecule has 3 nitrogen and oxygen atoms in total. The van der Waals surface area contributed by atoms with Crippen LogP contribution in [0.25, 0.3) is 16.7 Å². The number of Topliss-reactive ketones (excluding diaryl/α,β-unsaturated/α-hetero) is 1. The van der Waals surface area contributed by atoms with E-state index < -0.39 is 0 Å². The molecule has 2 aliphatic rings. The highest BCUT2D eigenvalue weighted by molar-refractivity contribution is 5.89. The zero-order valence-corrected chi connectivity index (χ0v) is 21.5. The molecule has 36 heavy (non-hydrogen) atoms. The van der Waals surface area contributed by atoms with Crippen LogP contribution >= 0.6 is 0 Å². The van der Waals surface area contributed by atoms with E-state index in [1.165, 1.54) is 27.8 Å². The molecule has 5 rings (SSSR count). The van der Waals surface area contributed by atoms with Crippen molar-refractivity contribution in [3.05, 3.63) is 95.6 Å². The van der Waals surface area contributed by atoms with Gasteiger partial charge in [-0.25, -0.2) is 0 Å². The molecule has 1 fully saturated rings. The highest BCUT2D eigenvalue weighted by Crippen LogP contribution is 2.46. The van der Waals surface area contributed by atoms with E-state index in [1.54, 1.807) is 6.92 Å². The molecule has 0 aliphatic carbocycles. The first-order valence-electron chi connectivity index (χ1n) is 13.3. The molecule has 3 unspecified atom stereocenters. The van der Waals surface area contributed by atoms with Crippen LogP contribution in [0.2, 0.25) is 0 Å². The number of hydrogen-bond acceptors (Lipinski definition) is 3. The minimum atomic E-state index is 0.137. The Bertz CT molecular complexity index is 1230. The Hall–Kier alpha value is -3.17. The third kappa shape index (κ3) is 5.03. The van der Waals surface area contributed by atoms with Crippen LogP contribution in [-0.4, -0.2) is 25.1 Å². The Labute approximate surface area is 215 Å². The molecule has 0 N–H and O–H groups in total. The average molecular weight is 481 g/mol. The van der Waals surface area contributed by atoms with Crippen LogP contribution < -0.4 is 4.74 Å². The van der Waals surface area contributed by atoms with Gasteiger partial charge < -0.3 is 9.47 Å². The SMILES string of the molecule is C=C(CC(C)=O)c1cccc2c1C(Cc1ccc(-c3ccccc3C3CCOC3)cc1)C(CCC)O2. The summed E-state index contributed by atoms with van der Waals surface area (Å²) in [6.07, 6.45) is 4.58. The van der Waals surface area contributed by atoms with Crippen LogP contribution in [0.15, 0.2) is 73.3 Å². The van der Waals surface area contributed by atoms with Gasteiger partial charge in [-0.3, -0.25) is 4.79 Å². The molecule has 0 amide bonds. The summed E-state index contributed by atoms with van der Waals surface area (Å²) in [4.78, 5) is 11.8. The summed E-state index contributed by atoms with van der Waals surface area (Å²) in [6, 6.07) is 24.0. The van der Waals surface area contributed by atoms with Crippen LogP contribution in [0.1, 0.15) is 73.6 Å². The maximum Gasteiger partial charge on any atom is 0.134 e. The lowest BCUT2D eigenvalue weighted by Crippen LogP contribution is -2.20. The predicted molar refractivity (Wildman–Crippen MR) is 147 cm³/mol. The van der Waals surface area contributed by atoms with Gasteiger partial charge in [0, 0.05) is 30.4 Å². The summed E-state index contributed by atoms with van der Waals surface area (Å²) in [5.74, 6) is 1.81. The predicted octanol–water partition coefficient (Wildman–Crippen LogP) is 7.74. The Morgan fingerprint density at radius 1 is 1.03 bits per heavy atom. The minimum Gasteiger partial charge on any atom is -0.489 e. The van der Waals surface area contributed by atoms with Crippen molar-refractivity contribution in [3.8, 4) is 16.9 Å². The number of carbonyl (C=O) groups excluding carboxylic acids is 1. The van der Waals surface area contributed by atoms with Crippen molar-refractivity contribution < 1.29 is 14.3 Å². The van der Waals surface area contributed by atoms with E-state index in [-0.39, 0.29) is 17.8 Å². The van der Waals surface area contributed by atoms with Gasteiger partial charge in [-0.1, -0.05) is 80.6 Å². The first kappa shape index (κ1) is 24.5. The van der Waals surface area contributed by atoms with Gasteiger partial charge in [-0.15, -0.1) is 0 Å². The number of allylic oxidation sites excluding steroid dienone is 1. The third-order valence-electron chi connectivity index (χ3n) is 7.63. The molecule has 3 aromatic rings. The fourth-order valence-electron chi connectivity index (χ4n) is 5.91. The molecule has 0 aromatic heterocycles. The van der Waals surface area contributed by atoms with Crippen LogP contribution in [-0.2, 0) is 16.0 Å². The quantitative estimate of drug-likeness (QED) is 0.314. The molecule has 0 saturated carbocycles. The molecule has 186 valence electrons. The van der Waals surface area contributed by atoms with Crippen molar-refractivity contribution in [3.63, 3.8) is 0 Å². The zero-order chi connectivity index (χ0) is 25.1. The smallest absolute Gasteiger partial charge is 0.134 e. The second-order valence-corrected chi connectivity index (χ2v) is 10.3. The molecule has 0 radical (unpaired) electrons. The van der Waals surface area contributed by atoms with Crippen molar-refractivity contribution in [2.24, 2.45) is 0 Å². The number of ether oxygens (including phenoxy) is 2. The van der Waals surface area contributed by atoms with Gasteiger partial charge in [0.1, 0.15) is 17.6 Å². The lowest BCUT2D eigenvalue weighted by atomic mass is 9.82. The zero-order valence-electron chi connectivity index (χ0n) is 21.5. The van der Waals surface area contributed by atoms with Gasteiger partial charge in [0.25, 0.3) is 0 Å². The summed E-state index contributed by atoms with van der Waals surface area (Å²) >= 11 is 0. The fraction of sp³-hybridized carbons (Fsp3) is 0.364. The molecule has 3 aromatic carbocycles. The van der Waals surface area contributed by atoms with Crippen molar-refractivity contribution in [2.45, 2.75) is 63.9 Å². The first-order valence-corrected chi connectivity index (χ1v) is 13.3. The minimum absolute atomic E-state index is 0.137. The van der Waals surface area contributed by atoms with E-state index in [0.29, 0.717) is 12.3 Å². The second kappa shape index (κ2) is 10.8. The summed E-state index contributed by atoms with van der Waals surface area (Å²) in [6.45, 7) is 9.75. The van der Waals surface area contributed by atoms with Gasteiger partial charge in [-0.05, 0) is 65.6 Å². The Balaban J connectivity index is 1.43. The molecule has 0 bridgehead atoms. The van der Waals surface area contributed by atoms with Crippen molar-refractivity contribution in [1.29, 1.82) is 0 Å². The van der Waals surface area contributed by atoms with Crippen LogP contribution in [0.4, 0.5) is 0 Å². The normalized spacial score (nSPS) is 20.7. The molecule has 3 atom stereocenters. The van der Waals surface area contributed by atoms with Gasteiger partial charge in [0.15, 0.2) is 0 Å². The summed E-state index contributed by atoms with van der Waals surface area (Å²) in [5, 5.41) is 0. The number of benzene rings is 3. The molecule has 3 heteroatoms. The monoisotopic (exact) mass is 480 g/mol. The van der Waals surface area contributed by atoms with Gasteiger partial charge in [0.05, 0.1) is 6.61 Å². The lowest BCUT2D eigenvalue weighted by molar-refractivity contribution is -0.116. The largest absolute Gasteiger partial charge is 0.489 e. The number of hydrogen-bond donors (Lipinski definition) is 0. The molecular formula is C33H36O3. The van der Waals surface area contributed by atoms with E-state index in [0.717, 1.165) is 55.8 Å². The maximum atomic E-state index is 11.8. The number of rotatable bonds is 9. The Morgan fingerprint density at radius 3 is 2.56 bits per heavy atom. The van der Waals surface area contributed by atoms with E-state index in [4.69, 9.17) is 9.47 Å². The lowest BCUT2D eigenvalue weighted by Gasteiger charge is -2.21. The highest BCUT2D eigenvalue weighted by Gasteiger charge is 2.36.